The standard InChI is InChI=1S/C28H21N3O4S/c1-35-27(34)19-14-15-22-24(16-19)30-28(31(26(22)33)20-10-3-2-4-11-20)36-17-25(32)29-23-13-7-9-18-8-5-6-12-21(18)23/h2-16H,17H2,1H3,(H,29,32). The van der Waals surface area contributed by atoms with E-state index in [1.54, 1.807) is 18.2 Å². The number of carbonyl (C=O) groups excluding carboxylic acids is 2. The maximum absolute atomic E-state index is 13.5. The Bertz CT molecular complexity index is 1660. The Morgan fingerprint density at radius 2 is 1.67 bits per heavy atom. The molecule has 0 saturated carbocycles. The topological polar surface area (TPSA) is 90.3 Å². The number of aromatic nitrogens is 2. The van der Waals surface area contributed by atoms with Gasteiger partial charge >= 0.3 is 5.97 Å². The number of ether oxygens (including phenoxy) is 1. The number of nitrogens with zero attached hydrogens (tertiary/aromatic N) is 2. The molecule has 0 aliphatic rings. The summed E-state index contributed by atoms with van der Waals surface area (Å²) < 4.78 is 6.28. The minimum atomic E-state index is -0.519. The molecule has 7 nitrogen and oxygen atoms in total. The summed E-state index contributed by atoms with van der Waals surface area (Å²) in [6.45, 7) is 0. The summed E-state index contributed by atoms with van der Waals surface area (Å²) in [7, 11) is 1.29. The van der Waals surface area contributed by atoms with Crippen molar-refractivity contribution in [3.8, 4) is 5.69 Å². The van der Waals surface area contributed by atoms with Crippen LogP contribution in [0.5, 0.6) is 0 Å². The second-order valence-electron chi connectivity index (χ2n) is 7.96. The van der Waals surface area contributed by atoms with Gasteiger partial charge < -0.3 is 10.1 Å². The number of hydrogen-bond acceptors (Lipinski definition) is 6. The largest absolute Gasteiger partial charge is 0.465 e. The number of hydrogen-bond donors (Lipinski definition) is 1. The molecule has 0 bridgehead atoms. The molecular weight excluding hydrogens is 474 g/mol. The molecule has 0 radical (unpaired) electrons. The summed E-state index contributed by atoms with van der Waals surface area (Å²) in [6.07, 6.45) is 0. The second kappa shape index (κ2) is 10.1. The third-order valence-electron chi connectivity index (χ3n) is 5.67. The van der Waals surface area contributed by atoms with Gasteiger partial charge in [0, 0.05) is 11.1 Å². The molecule has 0 fully saturated rings. The molecule has 5 aromatic rings. The van der Waals surface area contributed by atoms with E-state index in [0.717, 1.165) is 22.5 Å². The van der Waals surface area contributed by atoms with E-state index in [4.69, 9.17) is 4.74 Å². The van der Waals surface area contributed by atoms with Crippen molar-refractivity contribution in [1.29, 1.82) is 0 Å². The van der Waals surface area contributed by atoms with Gasteiger partial charge in [-0.1, -0.05) is 66.4 Å². The molecule has 1 heterocycles. The molecule has 0 aliphatic heterocycles. The van der Waals surface area contributed by atoms with E-state index < -0.39 is 5.97 Å². The highest BCUT2D eigenvalue weighted by Crippen LogP contribution is 2.25. The highest BCUT2D eigenvalue weighted by molar-refractivity contribution is 7.99. The predicted molar refractivity (Wildman–Crippen MR) is 142 cm³/mol. The monoisotopic (exact) mass is 495 g/mol. The fourth-order valence-electron chi connectivity index (χ4n) is 3.96. The number of carbonyl (C=O) groups is 2. The fourth-order valence-corrected chi connectivity index (χ4v) is 4.78. The summed E-state index contributed by atoms with van der Waals surface area (Å²) in [5.74, 6) is -0.715. The van der Waals surface area contributed by atoms with Crippen LogP contribution < -0.4 is 10.9 Å². The number of methoxy groups -OCH3 is 1. The van der Waals surface area contributed by atoms with Crippen LogP contribution in [0.2, 0.25) is 0 Å². The molecule has 36 heavy (non-hydrogen) atoms. The molecule has 8 heteroatoms. The zero-order valence-electron chi connectivity index (χ0n) is 19.3. The number of nitrogens with one attached hydrogen (secondary N) is 1. The molecule has 4 aromatic carbocycles. The van der Waals surface area contributed by atoms with E-state index in [1.165, 1.54) is 23.8 Å². The summed E-state index contributed by atoms with van der Waals surface area (Å²) in [4.78, 5) is 43.0. The van der Waals surface area contributed by atoms with E-state index in [9.17, 15) is 14.4 Å². The molecule has 0 spiro atoms. The van der Waals surface area contributed by atoms with Gasteiger partial charge in [0.1, 0.15) is 0 Å². The van der Waals surface area contributed by atoms with Gasteiger partial charge in [-0.2, -0.15) is 0 Å². The van der Waals surface area contributed by atoms with E-state index in [1.807, 2.05) is 60.7 Å². The fraction of sp³-hybridized carbons (Fsp3) is 0.0714. The summed E-state index contributed by atoms with van der Waals surface area (Å²) in [5.41, 5.74) is 1.70. The Labute approximate surface area is 210 Å². The number of anilines is 1. The lowest BCUT2D eigenvalue weighted by Gasteiger charge is -2.14. The number of para-hydroxylation sites is 1. The van der Waals surface area contributed by atoms with Crippen molar-refractivity contribution in [1.82, 2.24) is 9.55 Å². The quantitative estimate of drug-likeness (QED) is 0.201. The first kappa shape index (κ1) is 23.3. The van der Waals surface area contributed by atoms with E-state index >= 15 is 0 Å². The number of rotatable bonds is 6. The first-order chi connectivity index (χ1) is 17.5. The summed E-state index contributed by atoms with van der Waals surface area (Å²) in [6, 6.07) is 27.3. The van der Waals surface area contributed by atoms with Gasteiger partial charge in [0.25, 0.3) is 5.56 Å². The number of amides is 1. The number of thioether (sulfide) groups is 1. The van der Waals surface area contributed by atoms with Crippen LogP contribution in [0.25, 0.3) is 27.4 Å². The van der Waals surface area contributed by atoms with E-state index in [-0.39, 0.29) is 17.2 Å². The zero-order valence-corrected chi connectivity index (χ0v) is 20.1. The lowest BCUT2D eigenvalue weighted by Crippen LogP contribution is -2.23. The Morgan fingerprint density at radius 3 is 2.47 bits per heavy atom. The van der Waals surface area contributed by atoms with Crippen molar-refractivity contribution in [2.45, 2.75) is 5.16 Å². The minimum absolute atomic E-state index is 0.0324. The first-order valence-electron chi connectivity index (χ1n) is 11.2. The lowest BCUT2D eigenvalue weighted by atomic mass is 10.1. The third kappa shape index (κ3) is 4.58. The van der Waals surface area contributed by atoms with Crippen LogP contribution >= 0.6 is 11.8 Å². The first-order valence-corrected chi connectivity index (χ1v) is 12.1. The second-order valence-corrected chi connectivity index (χ2v) is 8.90. The highest BCUT2D eigenvalue weighted by Gasteiger charge is 2.17. The molecule has 1 N–H and O–H groups in total. The molecule has 0 aliphatic carbocycles. The van der Waals surface area contributed by atoms with E-state index in [0.29, 0.717) is 33.0 Å². The zero-order chi connectivity index (χ0) is 25.1. The van der Waals surface area contributed by atoms with Crippen molar-refractivity contribution in [3.05, 3.63) is 107 Å². The van der Waals surface area contributed by atoms with Crippen molar-refractivity contribution in [2.24, 2.45) is 0 Å². The molecule has 0 saturated heterocycles. The van der Waals surface area contributed by atoms with Crippen molar-refractivity contribution in [3.63, 3.8) is 0 Å². The van der Waals surface area contributed by atoms with Crippen molar-refractivity contribution in [2.75, 3.05) is 18.2 Å². The number of benzene rings is 4. The summed E-state index contributed by atoms with van der Waals surface area (Å²) >= 11 is 1.15. The SMILES string of the molecule is COC(=O)c1ccc2c(=O)n(-c3ccccc3)c(SCC(=O)Nc3cccc4ccccc34)nc2c1. The Morgan fingerprint density at radius 1 is 0.917 bits per heavy atom. The average Bonchev–Trinajstić information content (AvgIpc) is 2.92. The molecule has 178 valence electrons. The van der Waals surface area contributed by atoms with Gasteiger partial charge in [0.15, 0.2) is 5.16 Å². The van der Waals surface area contributed by atoms with Gasteiger partial charge in [-0.15, -0.1) is 0 Å². The lowest BCUT2D eigenvalue weighted by molar-refractivity contribution is -0.113. The van der Waals surface area contributed by atoms with Gasteiger partial charge in [-0.25, -0.2) is 9.78 Å². The Balaban J connectivity index is 1.50. The summed E-state index contributed by atoms with van der Waals surface area (Å²) in [5, 5.41) is 5.63. The van der Waals surface area contributed by atoms with Crippen LogP contribution in [-0.2, 0) is 9.53 Å². The maximum atomic E-state index is 13.5. The number of esters is 1. The van der Waals surface area contributed by atoms with Crippen LogP contribution in [0, 0.1) is 0 Å². The van der Waals surface area contributed by atoms with Crippen LogP contribution in [0.15, 0.2) is 101 Å². The van der Waals surface area contributed by atoms with Gasteiger partial charge in [0.05, 0.1) is 35.0 Å². The molecule has 1 amide bonds. The smallest absolute Gasteiger partial charge is 0.337 e. The van der Waals surface area contributed by atoms with Crippen LogP contribution in [0.1, 0.15) is 10.4 Å². The van der Waals surface area contributed by atoms with E-state index in [2.05, 4.69) is 10.3 Å². The van der Waals surface area contributed by atoms with Crippen molar-refractivity contribution >= 4 is 51.0 Å². The Hall–Kier alpha value is -4.43. The average molecular weight is 496 g/mol. The number of fused-ring (bicyclic) bond motifs is 2. The van der Waals surface area contributed by atoms with Crippen LogP contribution in [0.4, 0.5) is 5.69 Å². The van der Waals surface area contributed by atoms with Gasteiger partial charge in [-0.05, 0) is 41.8 Å². The third-order valence-corrected chi connectivity index (χ3v) is 6.61. The molecule has 5 rings (SSSR count). The molecule has 0 unspecified atom stereocenters. The maximum Gasteiger partial charge on any atom is 0.337 e. The Kier molecular flexibility index (Phi) is 6.51. The minimum Gasteiger partial charge on any atom is -0.465 e. The normalized spacial score (nSPS) is 10.9. The van der Waals surface area contributed by atoms with Crippen LogP contribution in [-0.4, -0.2) is 34.3 Å². The van der Waals surface area contributed by atoms with Gasteiger partial charge in [-0.3, -0.25) is 14.2 Å². The molecule has 1 aromatic heterocycles. The molecular formula is C28H21N3O4S. The highest BCUT2D eigenvalue weighted by atomic mass is 32.2. The molecule has 0 atom stereocenters. The van der Waals surface area contributed by atoms with Gasteiger partial charge in [0.2, 0.25) is 5.91 Å². The van der Waals surface area contributed by atoms with Crippen LogP contribution in [0.3, 0.4) is 0 Å². The predicted octanol–water partition coefficient (Wildman–Crippen LogP) is 5.06. The van der Waals surface area contributed by atoms with Crippen molar-refractivity contribution < 1.29 is 14.3 Å².